The molecule has 0 aromatic heterocycles. The molecular weight excluding hydrogens is 289 g/mol. The fraction of sp³-hybridized carbons (Fsp3) is 0.500. The minimum atomic E-state index is -4.16. The highest BCUT2D eigenvalue weighted by molar-refractivity contribution is 6.30. The summed E-state index contributed by atoms with van der Waals surface area (Å²) >= 11 is 5.77. The van der Waals surface area contributed by atoms with Crippen molar-refractivity contribution in [2.24, 2.45) is 5.92 Å². The second-order valence-corrected chi connectivity index (χ2v) is 5.58. The average Bonchev–Trinajstić information content (AvgIpc) is 2.41. The maximum Gasteiger partial charge on any atom is 0.391 e. The lowest BCUT2D eigenvalue weighted by molar-refractivity contribution is -0.183. The van der Waals surface area contributed by atoms with Crippen LogP contribution in [0.2, 0.25) is 5.02 Å². The summed E-state index contributed by atoms with van der Waals surface area (Å²) in [4.78, 5) is 0. The van der Waals surface area contributed by atoms with Gasteiger partial charge in [0.1, 0.15) is 5.54 Å². The number of rotatable bonds is 2. The van der Waals surface area contributed by atoms with Gasteiger partial charge in [0.25, 0.3) is 0 Å². The summed E-state index contributed by atoms with van der Waals surface area (Å²) in [5.41, 5.74) is -0.225. The Labute approximate surface area is 120 Å². The summed E-state index contributed by atoms with van der Waals surface area (Å²) in [5, 5.41) is 13.0. The quantitative estimate of drug-likeness (QED) is 0.854. The van der Waals surface area contributed by atoms with E-state index in [2.05, 4.69) is 11.4 Å². The van der Waals surface area contributed by atoms with E-state index in [0.29, 0.717) is 10.7 Å². The van der Waals surface area contributed by atoms with Gasteiger partial charge >= 0.3 is 6.18 Å². The molecule has 0 atom stereocenters. The number of hydrogen-bond acceptors (Lipinski definition) is 2. The molecule has 0 aliphatic heterocycles. The zero-order valence-corrected chi connectivity index (χ0v) is 11.4. The van der Waals surface area contributed by atoms with Crippen molar-refractivity contribution >= 4 is 17.3 Å². The van der Waals surface area contributed by atoms with Crippen molar-refractivity contribution in [2.45, 2.75) is 37.4 Å². The van der Waals surface area contributed by atoms with Crippen LogP contribution in [0, 0.1) is 17.2 Å². The van der Waals surface area contributed by atoms with Gasteiger partial charge in [0, 0.05) is 10.7 Å². The lowest BCUT2D eigenvalue weighted by Gasteiger charge is -2.36. The van der Waals surface area contributed by atoms with E-state index in [4.69, 9.17) is 11.6 Å². The molecule has 108 valence electrons. The summed E-state index contributed by atoms with van der Waals surface area (Å²) < 4.78 is 38.0. The molecule has 1 fully saturated rings. The van der Waals surface area contributed by atoms with Crippen LogP contribution < -0.4 is 5.32 Å². The molecule has 6 heteroatoms. The van der Waals surface area contributed by atoms with E-state index in [0.717, 1.165) is 0 Å². The monoisotopic (exact) mass is 302 g/mol. The summed E-state index contributed by atoms with van der Waals surface area (Å²) in [7, 11) is 0. The molecule has 0 saturated heterocycles. The van der Waals surface area contributed by atoms with E-state index in [9.17, 15) is 18.4 Å². The van der Waals surface area contributed by atoms with Crippen LogP contribution in [0.1, 0.15) is 25.7 Å². The molecule has 1 aliphatic carbocycles. The van der Waals surface area contributed by atoms with Crippen LogP contribution in [0.15, 0.2) is 24.3 Å². The molecule has 0 radical (unpaired) electrons. The van der Waals surface area contributed by atoms with E-state index in [-0.39, 0.29) is 25.7 Å². The SMILES string of the molecule is N#CC1(Nc2ccc(Cl)cc2)CCC(C(F)(F)F)CC1. The third-order valence-electron chi connectivity index (χ3n) is 3.74. The second kappa shape index (κ2) is 5.53. The van der Waals surface area contributed by atoms with E-state index < -0.39 is 17.6 Å². The largest absolute Gasteiger partial charge is 0.391 e. The van der Waals surface area contributed by atoms with E-state index >= 15 is 0 Å². The highest BCUT2D eigenvalue weighted by Gasteiger charge is 2.46. The van der Waals surface area contributed by atoms with Crippen LogP contribution in [0.25, 0.3) is 0 Å². The molecule has 1 saturated carbocycles. The van der Waals surface area contributed by atoms with Gasteiger partial charge in [-0.3, -0.25) is 0 Å². The predicted molar refractivity (Wildman–Crippen MR) is 71.4 cm³/mol. The lowest BCUT2D eigenvalue weighted by atomic mass is 9.77. The van der Waals surface area contributed by atoms with Crippen LogP contribution >= 0.6 is 11.6 Å². The Hall–Kier alpha value is -1.41. The maximum atomic E-state index is 12.7. The molecule has 20 heavy (non-hydrogen) atoms. The Kier molecular flexibility index (Phi) is 4.14. The van der Waals surface area contributed by atoms with Crippen LogP contribution in [0.4, 0.5) is 18.9 Å². The molecule has 2 nitrogen and oxygen atoms in total. The Bertz CT molecular complexity index is 497. The van der Waals surface area contributed by atoms with Crippen LogP contribution in [-0.2, 0) is 0 Å². The first-order valence-electron chi connectivity index (χ1n) is 6.36. The Morgan fingerprint density at radius 1 is 1.20 bits per heavy atom. The van der Waals surface area contributed by atoms with Crippen molar-refractivity contribution in [3.8, 4) is 6.07 Å². The number of benzene rings is 1. The molecule has 1 N–H and O–H groups in total. The van der Waals surface area contributed by atoms with Gasteiger partial charge in [-0.1, -0.05) is 11.6 Å². The van der Waals surface area contributed by atoms with Gasteiger partial charge in [-0.25, -0.2) is 0 Å². The first kappa shape index (κ1) is 15.0. The third-order valence-corrected chi connectivity index (χ3v) is 4.00. The minimum absolute atomic E-state index is 0.0162. The van der Waals surface area contributed by atoms with Gasteiger partial charge in [0.15, 0.2) is 0 Å². The van der Waals surface area contributed by atoms with Gasteiger partial charge < -0.3 is 5.32 Å². The number of anilines is 1. The first-order chi connectivity index (χ1) is 9.35. The number of alkyl halides is 3. The molecule has 0 amide bonds. The highest BCUT2D eigenvalue weighted by atomic mass is 35.5. The maximum absolute atomic E-state index is 12.7. The minimum Gasteiger partial charge on any atom is -0.367 e. The molecule has 1 aromatic rings. The summed E-state index contributed by atoms with van der Waals surface area (Å²) in [6, 6.07) is 8.93. The third kappa shape index (κ3) is 3.37. The van der Waals surface area contributed by atoms with Crippen molar-refractivity contribution in [2.75, 3.05) is 5.32 Å². The van der Waals surface area contributed by atoms with Gasteiger partial charge in [0.05, 0.1) is 12.0 Å². The predicted octanol–water partition coefficient (Wildman–Crippen LogP) is 4.77. The van der Waals surface area contributed by atoms with Crippen molar-refractivity contribution in [3.63, 3.8) is 0 Å². The number of nitrogens with zero attached hydrogens (tertiary/aromatic N) is 1. The van der Waals surface area contributed by atoms with E-state index in [1.54, 1.807) is 24.3 Å². The highest BCUT2D eigenvalue weighted by Crippen LogP contribution is 2.42. The smallest absolute Gasteiger partial charge is 0.367 e. The van der Waals surface area contributed by atoms with Gasteiger partial charge in [-0.05, 0) is 49.9 Å². The molecule has 1 aromatic carbocycles. The number of nitrogens with one attached hydrogen (secondary N) is 1. The summed E-state index contributed by atoms with van der Waals surface area (Å²) in [5.74, 6) is -1.30. The topological polar surface area (TPSA) is 35.8 Å². The molecular formula is C14H14ClF3N2. The lowest BCUT2D eigenvalue weighted by Crippen LogP contribution is -2.43. The Morgan fingerprint density at radius 2 is 1.75 bits per heavy atom. The molecule has 0 unspecified atom stereocenters. The van der Waals surface area contributed by atoms with Crippen LogP contribution in [-0.4, -0.2) is 11.7 Å². The fourth-order valence-corrected chi connectivity index (χ4v) is 2.64. The van der Waals surface area contributed by atoms with Gasteiger partial charge in [-0.2, -0.15) is 18.4 Å². The number of hydrogen-bond donors (Lipinski definition) is 1. The summed E-state index contributed by atoms with van der Waals surface area (Å²) in [6.45, 7) is 0. The fourth-order valence-electron chi connectivity index (χ4n) is 2.51. The first-order valence-corrected chi connectivity index (χ1v) is 6.74. The Morgan fingerprint density at radius 3 is 2.20 bits per heavy atom. The second-order valence-electron chi connectivity index (χ2n) is 5.14. The normalized spacial score (nSPS) is 26.9. The molecule has 0 bridgehead atoms. The zero-order valence-electron chi connectivity index (χ0n) is 10.7. The molecule has 0 spiro atoms. The average molecular weight is 303 g/mol. The van der Waals surface area contributed by atoms with Gasteiger partial charge in [0.2, 0.25) is 0 Å². The van der Waals surface area contributed by atoms with Crippen LogP contribution in [0.3, 0.4) is 0 Å². The van der Waals surface area contributed by atoms with Crippen LogP contribution in [0.5, 0.6) is 0 Å². The van der Waals surface area contributed by atoms with E-state index in [1.165, 1.54) is 0 Å². The molecule has 1 aliphatic rings. The van der Waals surface area contributed by atoms with Gasteiger partial charge in [-0.15, -0.1) is 0 Å². The standard InChI is InChI=1S/C14H14ClF3N2/c15-11-1-3-12(4-2-11)20-13(9-19)7-5-10(6-8-13)14(16,17)18/h1-4,10,20H,5-8H2. The summed E-state index contributed by atoms with van der Waals surface area (Å²) in [6.07, 6.45) is -3.82. The van der Waals surface area contributed by atoms with Crippen molar-refractivity contribution in [3.05, 3.63) is 29.3 Å². The number of halogens is 4. The zero-order chi connectivity index (χ0) is 14.8. The van der Waals surface area contributed by atoms with E-state index in [1.807, 2.05) is 0 Å². The Balaban J connectivity index is 2.06. The van der Waals surface area contributed by atoms with Crippen molar-refractivity contribution < 1.29 is 13.2 Å². The molecule has 0 heterocycles. The molecule has 2 rings (SSSR count). The van der Waals surface area contributed by atoms with Crippen molar-refractivity contribution in [1.29, 1.82) is 5.26 Å². The number of nitriles is 1. The van der Waals surface area contributed by atoms with Crippen molar-refractivity contribution in [1.82, 2.24) is 0 Å².